The molecule has 3 aromatic carbocycles. The van der Waals surface area contributed by atoms with Gasteiger partial charge in [0.05, 0.1) is 42.6 Å². The standard InChI is InChI=1S/C26H20FN3O3/c1-16-13-29(15-28-16)21-11-8-18(12-23(21)33-2)20-4-3-5-22-24(20)25(31)26(32)30(22)14-17-6-9-19(27)10-7-17/h3-13,15H,14H2,1-2H3. The van der Waals surface area contributed by atoms with Crippen LogP contribution in [0.2, 0.25) is 0 Å². The first-order valence-electron chi connectivity index (χ1n) is 10.4. The molecule has 0 saturated carbocycles. The number of aryl methyl sites for hydroxylation is 1. The first-order valence-corrected chi connectivity index (χ1v) is 10.4. The number of imidazole rings is 1. The van der Waals surface area contributed by atoms with E-state index in [1.165, 1.54) is 17.0 Å². The largest absolute Gasteiger partial charge is 0.495 e. The topological polar surface area (TPSA) is 64.4 Å². The average Bonchev–Trinajstić information content (AvgIpc) is 3.37. The van der Waals surface area contributed by atoms with Crippen LogP contribution in [-0.2, 0) is 11.3 Å². The van der Waals surface area contributed by atoms with Gasteiger partial charge in [-0.3, -0.25) is 9.59 Å². The van der Waals surface area contributed by atoms with Gasteiger partial charge in [-0.15, -0.1) is 0 Å². The van der Waals surface area contributed by atoms with E-state index in [0.717, 1.165) is 22.5 Å². The zero-order valence-corrected chi connectivity index (χ0v) is 18.1. The SMILES string of the molecule is COc1cc(-c2cccc3c2C(=O)C(=O)N3Cc2ccc(F)cc2)ccc1-n1cnc(C)c1. The number of halogens is 1. The molecule has 0 radical (unpaired) electrons. The minimum Gasteiger partial charge on any atom is -0.495 e. The predicted molar refractivity (Wildman–Crippen MR) is 122 cm³/mol. The van der Waals surface area contributed by atoms with Crippen molar-refractivity contribution < 1.29 is 18.7 Å². The van der Waals surface area contributed by atoms with Gasteiger partial charge in [0, 0.05) is 6.20 Å². The van der Waals surface area contributed by atoms with Crippen molar-refractivity contribution in [3.05, 3.63) is 95.8 Å². The maximum atomic E-state index is 13.3. The number of hydrogen-bond acceptors (Lipinski definition) is 4. The predicted octanol–water partition coefficient (Wildman–Crippen LogP) is 4.72. The fourth-order valence-corrected chi connectivity index (χ4v) is 4.12. The number of methoxy groups -OCH3 is 1. The zero-order valence-electron chi connectivity index (χ0n) is 18.1. The third kappa shape index (κ3) is 3.57. The number of amides is 1. The lowest BCUT2D eigenvalue weighted by Crippen LogP contribution is -2.29. The van der Waals surface area contributed by atoms with Crippen LogP contribution in [0.15, 0.2) is 73.2 Å². The highest BCUT2D eigenvalue weighted by molar-refractivity contribution is 6.53. The van der Waals surface area contributed by atoms with Gasteiger partial charge in [0.15, 0.2) is 0 Å². The highest BCUT2D eigenvalue weighted by Gasteiger charge is 2.37. The van der Waals surface area contributed by atoms with Gasteiger partial charge in [0.1, 0.15) is 11.6 Å². The fourth-order valence-electron chi connectivity index (χ4n) is 4.12. The molecule has 1 aliphatic rings. The number of rotatable bonds is 5. The molecule has 0 bridgehead atoms. The van der Waals surface area contributed by atoms with Crippen molar-refractivity contribution in [2.24, 2.45) is 0 Å². The second-order valence-corrected chi connectivity index (χ2v) is 7.86. The smallest absolute Gasteiger partial charge is 0.299 e. The van der Waals surface area contributed by atoms with Gasteiger partial charge in [-0.25, -0.2) is 9.37 Å². The lowest BCUT2D eigenvalue weighted by molar-refractivity contribution is -0.114. The molecule has 164 valence electrons. The Balaban J connectivity index is 1.56. The molecule has 0 N–H and O–H groups in total. The minimum absolute atomic E-state index is 0.184. The van der Waals surface area contributed by atoms with Crippen molar-refractivity contribution in [1.82, 2.24) is 9.55 Å². The van der Waals surface area contributed by atoms with E-state index in [2.05, 4.69) is 4.98 Å². The van der Waals surface area contributed by atoms with E-state index in [1.807, 2.05) is 48.0 Å². The van der Waals surface area contributed by atoms with Crippen molar-refractivity contribution in [2.45, 2.75) is 13.5 Å². The molecule has 0 fully saturated rings. The third-order valence-electron chi connectivity index (χ3n) is 5.73. The number of ketones is 1. The lowest BCUT2D eigenvalue weighted by Gasteiger charge is -2.17. The molecule has 1 aromatic heterocycles. The van der Waals surface area contributed by atoms with E-state index in [-0.39, 0.29) is 12.4 Å². The second-order valence-electron chi connectivity index (χ2n) is 7.86. The zero-order chi connectivity index (χ0) is 23.1. The third-order valence-corrected chi connectivity index (χ3v) is 5.73. The molecule has 6 nitrogen and oxygen atoms in total. The van der Waals surface area contributed by atoms with Crippen molar-refractivity contribution in [2.75, 3.05) is 12.0 Å². The van der Waals surface area contributed by atoms with Crippen LogP contribution in [0.3, 0.4) is 0 Å². The summed E-state index contributed by atoms with van der Waals surface area (Å²) < 4.78 is 20.7. The number of benzene rings is 3. The van der Waals surface area contributed by atoms with E-state index in [4.69, 9.17) is 4.74 Å². The minimum atomic E-state index is -0.598. The Morgan fingerprint density at radius 3 is 2.48 bits per heavy atom. The Bertz CT molecular complexity index is 1390. The molecule has 0 saturated heterocycles. The summed E-state index contributed by atoms with van der Waals surface area (Å²) in [5, 5.41) is 0. The average molecular weight is 441 g/mol. The number of carbonyl (C=O) groups excluding carboxylic acids is 2. The number of carbonyl (C=O) groups is 2. The van der Waals surface area contributed by atoms with Gasteiger partial charge in [0.25, 0.3) is 11.7 Å². The van der Waals surface area contributed by atoms with Crippen LogP contribution < -0.4 is 9.64 Å². The van der Waals surface area contributed by atoms with E-state index in [0.29, 0.717) is 22.6 Å². The van der Waals surface area contributed by atoms with Gasteiger partial charge in [0.2, 0.25) is 0 Å². The number of nitrogens with zero attached hydrogens (tertiary/aromatic N) is 3. The molecule has 5 rings (SSSR count). The monoisotopic (exact) mass is 441 g/mol. The van der Waals surface area contributed by atoms with Crippen molar-refractivity contribution in [1.29, 1.82) is 0 Å². The Morgan fingerprint density at radius 1 is 1.00 bits per heavy atom. The first kappa shape index (κ1) is 20.6. The van der Waals surface area contributed by atoms with Gasteiger partial charge in [-0.2, -0.15) is 0 Å². The summed E-state index contributed by atoms with van der Waals surface area (Å²) in [6.07, 6.45) is 3.61. The highest BCUT2D eigenvalue weighted by Crippen LogP contribution is 2.39. The fraction of sp³-hybridized carbons (Fsp3) is 0.115. The summed E-state index contributed by atoms with van der Waals surface area (Å²) in [7, 11) is 1.58. The molecule has 33 heavy (non-hydrogen) atoms. The number of fused-ring (bicyclic) bond motifs is 1. The Hall–Kier alpha value is -4.26. The first-order chi connectivity index (χ1) is 16.0. The molecule has 1 aliphatic heterocycles. The molecule has 4 aromatic rings. The molecule has 1 amide bonds. The summed E-state index contributed by atoms with van der Waals surface area (Å²) in [6, 6.07) is 16.9. The Labute approximate surface area is 189 Å². The van der Waals surface area contributed by atoms with Gasteiger partial charge in [-0.1, -0.05) is 30.3 Å². The van der Waals surface area contributed by atoms with E-state index in [1.54, 1.807) is 31.6 Å². The van der Waals surface area contributed by atoms with Crippen molar-refractivity contribution in [3.8, 4) is 22.6 Å². The molecule has 7 heteroatoms. The summed E-state index contributed by atoms with van der Waals surface area (Å²) in [5.74, 6) is -0.897. The van der Waals surface area contributed by atoms with Gasteiger partial charge in [-0.05, 0) is 53.9 Å². The summed E-state index contributed by atoms with van der Waals surface area (Å²) in [4.78, 5) is 31.5. The van der Waals surface area contributed by atoms with E-state index >= 15 is 0 Å². The number of hydrogen-bond donors (Lipinski definition) is 0. The second kappa shape index (κ2) is 8.02. The van der Waals surface area contributed by atoms with Crippen LogP contribution >= 0.6 is 0 Å². The molecule has 0 aliphatic carbocycles. The molecular weight excluding hydrogens is 421 g/mol. The summed E-state index contributed by atoms with van der Waals surface area (Å²) >= 11 is 0. The normalized spacial score (nSPS) is 12.9. The molecule has 0 unspecified atom stereocenters. The molecule has 0 spiro atoms. The number of anilines is 1. The molecular formula is C26H20FN3O3. The summed E-state index contributed by atoms with van der Waals surface area (Å²) in [6.45, 7) is 2.09. The van der Waals surface area contributed by atoms with Crippen LogP contribution in [0.25, 0.3) is 16.8 Å². The van der Waals surface area contributed by atoms with Crippen LogP contribution in [0.4, 0.5) is 10.1 Å². The Kier molecular flexibility index (Phi) is 5.01. The maximum Gasteiger partial charge on any atom is 0.299 e. The van der Waals surface area contributed by atoms with Crippen molar-refractivity contribution in [3.63, 3.8) is 0 Å². The van der Waals surface area contributed by atoms with Crippen molar-refractivity contribution >= 4 is 17.4 Å². The van der Waals surface area contributed by atoms with Gasteiger partial charge < -0.3 is 14.2 Å². The van der Waals surface area contributed by atoms with Crippen LogP contribution in [0, 0.1) is 12.7 Å². The van der Waals surface area contributed by atoms with Crippen LogP contribution in [-0.4, -0.2) is 28.4 Å². The van der Waals surface area contributed by atoms with Crippen LogP contribution in [0.1, 0.15) is 21.6 Å². The van der Waals surface area contributed by atoms with Gasteiger partial charge >= 0.3 is 0 Å². The number of Topliss-reactive ketones (excluding diaryl/α,β-unsaturated/α-hetero) is 1. The van der Waals surface area contributed by atoms with E-state index in [9.17, 15) is 14.0 Å². The molecule has 2 heterocycles. The summed E-state index contributed by atoms with van der Waals surface area (Å²) in [5.41, 5.74) is 4.74. The number of aromatic nitrogens is 2. The van der Waals surface area contributed by atoms with E-state index < -0.39 is 11.7 Å². The highest BCUT2D eigenvalue weighted by atomic mass is 19.1. The van der Waals surface area contributed by atoms with Crippen LogP contribution in [0.5, 0.6) is 5.75 Å². The maximum absolute atomic E-state index is 13.3. The lowest BCUT2D eigenvalue weighted by atomic mass is 9.96. The Morgan fingerprint density at radius 2 is 1.79 bits per heavy atom. The number of ether oxygens (including phenoxy) is 1. The molecule has 0 atom stereocenters. The quantitative estimate of drug-likeness (QED) is 0.420.